The molecule has 1 atom stereocenters. The highest BCUT2D eigenvalue weighted by atomic mass is 35.5. The summed E-state index contributed by atoms with van der Waals surface area (Å²) >= 11 is 5.99. The summed E-state index contributed by atoms with van der Waals surface area (Å²) in [5, 5.41) is 0.579. The summed E-state index contributed by atoms with van der Waals surface area (Å²) in [7, 11) is -3.22. The van der Waals surface area contributed by atoms with Crippen molar-refractivity contribution in [3.05, 3.63) is 63.7 Å². The van der Waals surface area contributed by atoms with E-state index >= 15 is 0 Å². The van der Waals surface area contributed by atoms with Crippen molar-refractivity contribution in [2.75, 3.05) is 6.26 Å². The van der Waals surface area contributed by atoms with Gasteiger partial charge in [0.2, 0.25) is 0 Å². The van der Waals surface area contributed by atoms with Crippen LogP contribution in [0.4, 0.5) is 0 Å². The second-order valence-corrected chi connectivity index (χ2v) is 9.42. The van der Waals surface area contributed by atoms with Gasteiger partial charge in [0.05, 0.1) is 5.75 Å². The lowest BCUT2D eigenvalue weighted by Gasteiger charge is -2.18. The van der Waals surface area contributed by atoms with Gasteiger partial charge in [0.25, 0.3) is 11.8 Å². The Balaban J connectivity index is 1.98. The number of nitrogens with one attached hydrogen (secondary N) is 2. The number of hydrogen-bond acceptors (Lipinski definition) is 5. The van der Waals surface area contributed by atoms with Crippen LogP contribution in [0, 0.1) is 13.8 Å². The van der Waals surface area contributed by atoms with E-state index in [4.69, 9.17) is 16.3 Å². The molecule has 0 aliphatic rings. The summed E-state index contributed by atoms with van der Waals surface area (Å²) in [5.41, 5.74) is 6.91. The Labute approximate surface area is 175 Å². The number of ether oxygens (including phenoxy) is 1. The molecule has 2 aromatic rings. The highest BCUT2D eigenvalue weighted by Crippen LogP contribution is 2.27. The van der Waals surface area contributed by atoms with Crippen LogP contribution < -0.4 is 15.6 Å². The molecule has 0 saturated heterocycles. The fourth-order valence-corrected chi connectivity index (χ4v) is 3.82. The van der Waals surface area contributed by atoms with Gasteiger partial charge in [0, 0.05) is 16.8 Å². The first-order valence-corrected chi connectivity index (χ1v) is 11.2. The number of rotatable bonds is 6. The van der Waals surface area contributed by atoms with Gasteiger partial charge < -0.3 is 4.74 Å². The Morgan fingerprint density at radius 2 is 1.72 bits per heavy atom. The van der Waals surface area contributed by atoms with Gasteiger partial charge in [0.15, 0.2) is 15.9 Å². The number of sulfone groups is 1. The van der Waals surface area contributed by atoms with E-state index in [1.54, 1.807) is 31.2 Å². The summed E-state index contributed by atoms with van der Waals surface area (Å²) in [5.74, 6) is -0.735. The van der Waals surface area contributed by atoms with Crippen LogP contribution in [0.25, 0.3) is 0 Å². The van der Waals surface area contributed by atoms with Gasteiger partial charge in [-0.25, -0.2) is 8.42 Å². The number of carbonyl (C=O) groups is 2. The minimum absolute atomic E-state index is 0.175. The lowest BCUT2D eigenvalue weighted by molar-refractivity contribution is -0.128. The average Bonchev–Trinajstić information content (AvgIpc) is 2.60. The molecule has 7 nitrogen and oxygen atoms in total. The maximum Gasteiger partial charge on any atom is 0.279 e. The van der Waals surface area contributed by atoms with E-state index in [0.717, 1.165) is 17.4 Å². The molecule has 9 heteroatoms. The minimum atomic E-state index is -3.22. The van der Waals surface area contributed by atoms with E-state index in [1.165, 1.54) is 12.1 Å². The Kier molecular flexibility index (Phi) is 7.26. The summed E-state index contributed by atoms with van der Waals surface area (Å²) in [4.78, 5) is 24.5. The zero-order chi connectivity index (χ0) is 21.8. The molecule has 0 fully saturated rings. The zero-order valence-corrected chi connectivity index (χ0v) is 18.1. The molecule has 2 N–H and O–H groups in total. The number of amides is 2. The number of halogens is 1. The Morgan fingerprint density at radius 1 is 1.10 bits per heavy atom. The van der Waals surface area contributed by atoms with Crippen molar-refractivity contribution >= 4 is 33.3 Å². The predicted molar refractivity (Wildman–Crippen MR) is 112 cm³/mol. The second kappa shape index (κ2) is 9.28. The van der Waals surface area contributed by atoms with E-state index < -0.39 is 27.8 Å². The Bertz CT molecular complexity index is 1010. The summed E-state index contributed by atoms with van der Waals surface area (Å²) in [6.07, 6.45) is 0.247. The quantitative estimate of drug-likeness (QED) is 0.675. The lowest BCUT2D eigenvalue weighted by Crippen LogP contribution is -2.47. The normalized spacial score (nSPS) is 12.2. The van der Waals surface area contributed by atoms with Crippen molar-refractivity contribution in [1.82, 2.24) is 10.9 Å². The van der Waals surface area contributed by atoms with Crippen LogP contribution in [0.2, 0.25) is 5.02 Å². The molecular formula is C20H23ClN2O5S. The van der Waals surface area contributed by atoms with Gasteiger partial charge in [-0.2, -0.15) is 0 Å². The highest BCUT2D eigenvalue weighted by Gasteiger charge is 2.18. The van der Waals surface area contributed by atoms with Crippen molar-refractivity contribution in [3.8, 4) is 5.75 Å². The molecule has 2 rings (SSSR count). The first-order valence-electron chi connectivity index (χ1n) is 8.76. The monoisotopic (exact) mass is 438 g/mol. The topological polar surface area (TPSA) is 102 Å². The SMILES string of the molecule is Cc1cc(Cl)cc(C)c1O[C@@H](C)C(=O)NNC(=O)c1cccc(CS(C)(=O)=O)c1. The van der Waals surface area contributed by atoms with Crippen molar-refractivity contribution in [2.24, 2.45) is 0 Å². The molecule has 0 bridgehead atoms. The second-order valence-electron chi connectivity index (χ2n) is 6.84. The first kappa shape index (κ1) is 22.7. The van der Waals surface area contributed by atoms with Crippen molar-refractivity contribution in [2.45, 2.75) is 32.6 Å². The minimum Gasteiger partial charge on any atom is -0.480 e. The third-order valence-corrected chi connectivity index (χ3v) is 5.08. The zero-order valence-electron chi connectivity index (χ0n) is 16.6. The van der Waals surface area contributed by atoms with E-state index in [-0.39, 0.29) is 11.3 Å². The molecule has 0 aliphatic carbocycles. The maximum absolute atomic E-state index is 12.3. The van der Waals surface area contributed by atoms with Crippen LogP contribution in [0.5, 0.6) is 5.75 Å². The van der Waals surface area contributed by atoms with Gasteiger partial charge >= 0.3 is 0 Å². The standard InChI is InChI=1S/C20H23ClN2O5S/c1-12-8-17(21)9-13(2)18(12)28-14(3)19(24)22-23-20(25)16-7-5-6-15(10-16)11-29(4,26)27/h5-10,14H,11H2,1-4H3,(H,22,24)(H,23,25)/t14-/m0/s1. The molecule has 0 aromatic heterocycles. The number of aryl methyl sites for hydroxylation is 2. The lowest BCUT2D eigenvalue weighted by atomic mass is 10.1. The van der Waals surface area contributed by atoms with Crippen LogP contribution in [0.15, 0.2) is 36.4 Å². The number of hydrazine groups is 1. The average molecular weight is 439 g/mol. The van der Waals surface area contributed by atoms with E-state index in [0.29, 0.717) is 16.3 Å². The fourth-order valence-electron chi connectivity index (χ4n) is 2.71. The van der Waals surface area contributed by atoms with Gasteiger partial charge in [-0.3, -0.25) is 20.4 Å². The van der Waals surface area contributed by atoms with Crippen molar-refractivity contribution in [1.29, 1.82) is 0 Å². The van der Waals surface area contributed by atoms with Crippen LogP contribution in [-0.2, 0) is 20.4 Å². The van der Waals surface area contributed by atoms with Gasteiger partial charge in [-0.1, -0.05) is 23.7 Å². The molecular weight excluding hydrogens is 416 g/mol. The first-order chi connectivity index (χ1) is 13.5. The molecule has 0 unspecified atom stereocenters. The number of benzene rings is 2. The molecule has 156 valence electrons. The largest absolute Gasteiger partial charge is 0.480 e. The Morgan fingerprint density at radius 3 is 2.31 bits per heavy atom. The molecule has 0 spiro atoms. The summed E-state index contributed by atoms with van der Waals surface area (Å²) in [6, 6.07) is 9.65. The molecule has 2 amide bonds. The fraction of sp³-hybridized carbons (Fsp3) is 0.300. The molecule has 0 aliphatic heterocycles. The summed E-state index contributed by atoms with van der Waals surface area (Å²) in [6.45, 7) is 5.20. The Hall–Kier alpha value is -2.58. The molecule has 2 aromatic carbocycles. The highest BCUT2D eigenvalue weighted by molar-refractivity contribution is 7.89. The molecule has 0 radical (unpaired) electrons. The molecule has 0 saturated carbocycles. The van der Waals surface area contributed by atoms with Crippen LogP contribution in [0.1, 0.15) is 34.0 Å². The third kappa shape index (κ3) is 6.76. The van der Waals surface area contributed by atoms with Crippen molar-refractivity contribution in [3.63, 3.8) is 0 Å². The van der Waals surface area contributed by atoms with E-state index in [1.807, 2.05) is 13.8 Å². The number of hydrogen-bond donors (Lipinski definition) is 2. The van der Waals surface area contributed by atoms with Gasteiger partial charge in [-0.05, 0) is 61.7 Å². The van der Waals surface area contributed by atoms with Crippen LogP contribution in [0.3, 0.4) is 0 Å². The van der Waals surface area contributed by atoms with Gasteiger partial charge in [0.1, 0.15) is 5.75 Å². The smallest absolute Gasteiger partial charge is 0.279 e. The summed E-state index contributed by atoms with van der Waals surface area (Å²) < 4.78 is 28.5. The molecule has 29 heavy (non-hydrogen) atoms. The predicted octanol–water partition coefficient (Wildman–Crippen LogP) is 2.73. The van der Waals surface area contributed by atoms with Crippen LogP contribution >= 0.6 is 11.6 Å². The van der Waals surface area contributed by atoms with E-state index in [9.17, 15) is 18.0 Å². The molecule has 0 heterocycles. The van der Waals surface area contributed by atoms with Gasteiger partial charge in [-0.15, -0.1) is 0 Å². The third-order valence-electron chi connectivity index (χ3n) is 4.01. The maximum atomic E-state index is 12.3. The van der Waals surface area contributed by atoms with Crippen LogP contribution in [-0.4, -0.2) is 32.6 Å². The van der Waals surface area contributed by atoms with E-state index in [2.05, 4.69) is 10.9 Å². The van der Waals surface area contributed by atoms with Crippen molar-refractivity contribution < 1.29 is 22.7 Å². The number of carbonyl (C=O) groups excluding carboxylic acids is 2.